The summed E-state index contributed by atoms with van der Waals surface area (Å²) in [5.41, 5.74) is 7.30. The Hall–Kier alpha value is -1.49. The summed E-state index contributed by atoms with van der Waals surface area (Å²) in [6.45, 7) is 3.35. The van der Waals surface area contributed by atoms with Crippen LogP contribution in [0.1, 0.15) is 32.6 Å². The summed E-state index contributed by atoms with van der Waals surface area (Å²) >= 11 is 1.35. The van der Waals surface area contributed by atoms with Crippen LogP contribution in [0.2, 0.25) is 0 Å². The van der Waals surface area contributed by atoms with Crippen LogP contribution in [0.3, 0.4) is 0 Å². The highest BCUT2D eigenvalue weighted by atomic mass is 32.1. The zero-order valence-electron chi connectivity index (χ0n) is 8.46. The average Bonchev–Trinajstić information content (AvgIpc) is 2.42. The zero-order valence-corrected chi connectivity index (χ0v) is 9.27. The Morgan fingerprint density at radius 2 is 2.20 bits per heavy atom. The molecule has 1 aliphatic heterocycles. The van der Waals surface area contributed by atoms with Gasteiger partial charge in [0.15, 0.2) is 5.78 Å². The molecule has 0 saturated heterocycles. The first kappa shape index (κ1) is 10.0. The molecule has 2 N–H and O–H groups in total. The van der Waals surface area contributed by atoms with Gasteiger partial charge < -0.3 is 5.73 Å². The van der Waals surface area contributed by atoms with Gasteiger partial charge in [0.1, 0.15) is 5.84 Å². The van der Waals surface area contributed by atoms with E-state index in [1.54, 1.807) is 0 Å². The monoisotopic (exact) mass is 222 g/mol. The van der Waals surface area contributed by atoms with Crippen molar-refractivity contribution in [3.05, 3.63) is 20.9 Å². The minimum absolute atomic E-state index is 0.00662. The Labute approximate surface area is 90.8 Å². The van der Waals surface area contributed by atoms with Gasteiger partial charge in [0, 0.05) is 10.4 Å². The third-order valence-electron chi connectivity index (χ3n) is 2.35. The molecule has 1 amide bonds. The second-order valence-corrected chi connectivity index (χ2v) is 4.58. The molecule has 15 heavy (non-hydrogen) atoms. The molecule has 0 spiro atoms. The maximum atomic E-state index is 11.3. The van der Waals surface area contributed by atoms with Gasteiger partial charge in [-0.2, -0.15) is 4.99 Å². The fourth-order valence-corrected chi connectivity index (χ4v) is 2.94. The number of nitrogens with two attached hydrogens (primary N) is 1. The Balaban J connectivity index is 2.65. The highest BCUT2D eigenvalue weighted by Crippen LogP contribution is 2.31. The summed E-state index contributed by atoms with van der Waals surface area (Å²) in [5, 5.41) is 0. The third-order valence-corrected chi connectivity index (χ3v) is 3.75. The number of ketones is 1. The van der Waals surface area contributed by atoms with Gasteiger partial charge in [-0.05, 0) is 19.4 Å². The van der Waals surface area contributed by atoms with Crippen molar-refractivity contribution in [2.75, 3.05) is 0 Å². The molecule has 4 nitrogen and oxygen atoms in total. The minimum Gasteiger partial charge on any atom is -0.383 e. The number of aliphatic imine (C=N–C) groups is 1. The van der Waals surface area contributed by atoms with Crippen LogP contribution in [0.15, 0.2) is 4.99 Å². The van der Waals surface area contributed by atoms with E-state index in [2.05, 4.69) is 4.99 Å². The van der Waals surface area contributed by atoms with E-state index < -0.39 is 0 Å². The number of fused-ring (bicyclic) bond motifs is 1. The number of Topliss-reactive ketones (excluding diaryl/α,β-unsaturated/α-hetero) is 1. The molecule has 0 atom stereocenters. The van der Waals surface area contributed by atoms with Gasteiger partial charge in [0.2, 0.25) is 0 Å². The van der Waals surface area contributed by atoms with E-state index in [0.29, 0.717) is 4.88 Å². The lowest BCUT2D eigenvalue weighted by Gasteiger charge is -2.08. The van der Waals surface area contributed by atoms with Crippen molar-refractivity contribution in [2.45, 2.75) is 20.3 Å². The van der Waals surface area contributed by atoms with Gasteiger partial charge in [-0.1, -0.05) is 0 Å². The fraction of sp³-hybridized carbons (Fsp3) is 0.300. The molecule has 0 unspecified atom stereocenters. The van der Waals surface area contributed by atoms with Crippen molar-refractivity contribution in [1.82, 2.24) is 0 Å². The number of rotatable bonds is 1. The van der Waals surface area contributed by atoms with Crippen molar-refractivity contribution in [3.63, 3.8) is 0 Å². The van der Waals surface area contributed by atoms with Gasteiger partial charge in [-0.25, -0.2) is 0 Å². The molecule has 5 heteroatoms. The molecular weight excluding hydrogens is 212 g/mol. The summed E-state index contributed by atoms with van der Waals surface area (Å²) < 4.78 is 0. The Morgan fingerprint density at radius 1 is 1.53 bits per heavy atom. The lowest BCUT2D eigenvalue weighted by molar-refractivity contribution is -0.117. The quantitative estimate of drug-likeness (QED) is 0.722. The summed E-state index contributed by atoms with van der Waals surface area (Å²) in [5.74, 6) is 0.00556. The molecule has 0 bridgehead atoms. The summed E-state index contributed by atoms with van der Waals surface area (Å²) in [7, 11) is 0. The number of carbonyl (C=O) groups is 2. The van der Waals surface area contributed by atoms with E-state index in [9.17, 15) is 9.59 Å². The molecule has 0 aromatic carbocycles. The topological polar surface area (TPSA) is 72.5 Å². The first-order chi connectivity index (χ1) is 7.00. The summed E-state index contributed by atoms with van der Waals surface area (Å²) in [6.07, 6.45) is 0.259. The Bertz CT molecular complexity index is 500. The lowest BCUT2D eigenvalue weighted by atomic mass is 10.0. The molecule has 78 valence electrons. The average molecular weight is 222 g/mol. The molecule has 0 aliphatic carbocycles. The van der Waals surface area contributed by atoms with E-state index in [1.165, 1.54) is 18.3 Å². The van der Waals surface area contributed by atoms with Crippen molar-refractivity contribution in [3.8, 4) is 0 Å². The van der Waals surface area contributed by atoms with Crippen LogP contribution in [-0.2, 0) is 11.2 Å². The number of carbonyl (C=O) groups excluding carboxylic acids is 2. The number of hydrogen-bond acceptors (Lipinski definition) is 4. The highest BCUT2D eigenvalue weighted by Gasteiger charge is 2.25. The second kappa shape index (κ2) is 3.27. The van der Waals surface area contributed by atoms with Crippen LogP contribution in [0.25, 0.3) is 0 Å². The van der Waals surface area contributed by atoms with Crippen LogP contribution >= 0.6 is 11.3 Å². The van der Waals surface area contributed by atoms with Gasteiger partial charge in [-0.3, -0.25) is 9.59 Å². The predicted molar refractivity (Wildman–Crippen MR) is 58.5 cm³/mol. The SMILES string of the molecule is CC(=O)c1sc2c(c1C)C(N)=NC(=O)C2. The Kier molecular flexibility index (Phi) is 2.19. The van der Waals surface area contributed by atoms with E-state index in [4.69, 9.17) is 5.73 Å². The van der Waals surface area contributed by atoms with Gasteiger partial charge in [-0.15, -0.1) is 11.3 Å². The first-order valence-corrected chi connectivity index (χ1v) is 5.33. The van der Waals surface area contributed by atoms with Crippen molar-refractivity contribution >= 4 is 28.9 Å². The van der Waals surface area contributed by atoms with Gasteiger partial charge >= 0.3 is 0 Å². The van der Waals surface area contributed by atoms with Crippen molar-refractivity contribution < 1.29 is 9.59 Å². The molecule has 0 fully saturated rings. The highest BCUT2D eigenvalue weighted by molar-refractivity contribution is 7.14. The maximum Gasteiger partial charge on any atom is 0.252 e. The standard InChI is InChI=1S/C10H10N2O2S/c1-4-8-6(15-9(4)5(2)13)3-7(14)12-10(8)11/h3H2,1-2H3,(H2,11,12,14). The lowest BCUT2D eigenvalue weighted by Crippen LogP contribution is -2.22. The van der Waals surface area contributed by atoms with Crippen LogP contribution in [0, 0.1) is 6.92 Å². The minimum atomic E-state index is -0.239. The molecule has 2 heterocycles. The van der Waals surface area contributed by atoms with Crippen molar-refractivity contribution in [1.29, 1.82) is 0 Å². The Morgan fingerprint density at radius 3 is 2.80 bits per heavy atom. The molecule has 0 saturated carbocycles. The van der Waals surface area contributed by atoms with E-state index in [1.807, 2.05) is 6.92 Å². The molecule has 1 aliphatic rings. The number of nitrogens with zero attached hydrogens (tertiary/aromatic N) is 1. The molecule has 0 radical (unpaired) electrons. The van der Waals surface area contributed by atoms with Crippen LogP contribution in [0.5, 0.6) is 0 Å². The number of amidine groups is 1. The second-order valence-electron chi connectivity index (χ2n) is 3.48. The van der Waals surface area contributed by atoms with Crippen LogP contribution in [-0.4, -0.2) is 17.5 Å². The van der Waals surface area contributed by atoms with Crippen LogP contribution < -0.4 is 5.73 Å². The third kappa shape index (κ3) is 1.48. The molecule has 2 rings (SSSR count). The normalized spacial score (nSPS) is 14.8. The number of amides is 1. The van der Waals surface area contributed by atoms with Crippen molar-refractivity contribution in [2.24, 2.45) is 10.7 Å². The summed E-state index contributed by atoms with van der Waals surface area (Å²) in [6, 6.07) is 0. The number of thiophene rings is 1. The van der Waals surface area contributed by atoms with Gasteiger partial charge in [0.05, 0.1) is 11.3 Å². The first-order valence-electron chi connectivity index (χ1n) is 4.51. The zero-order chi connectivity index (χ0) is 11.2. The molecule has 1 aromatic rings. The largest absolute Gasteiger partial charge is 0.383 e. The molecule has 1 aromatic heterocycles. The van der Waals surface area contributed by atoms with Crippen LogP contribution in [0.4, 0.5) is 0 Å². The predicted octanol–water partition coefficient (Wildman–Crippen LogP) is 1.05. The molecular formula is C10H10N2O2S. The smallest absolute Gasteiger partial charge is 0.252 e. The number of hydrogen-bond donors (Lipinski definition) is 1. The van der Waals surface area contributed by atoms with E-state index >= 15 is 0 Å². The van der Waals surface area contributed by atoms with E-state index in [0.717, 1.165) is 16.0 Å². The maximum absolute atomic E-state index is 11.3. The summed E-state index contributed by atoms with van der Waals surface area (Å²) in [4.78, 5) is 27.7. The van der Waals surface area contributed by atoms with E-state index in [-0.39, 0.29) is 23.9 Å². The van der Waals surface area contributed by atoms with Gasteiger partial charge in [0.25, 0.3) is 5.91 Å². The fourth-order valence-electron chi connectivity index (χ4n) is 1.74.